The zero-order chi connectivity index (χ0) is 10.8. The molecule has 1 saturated heterocycles. The highest BCUT2D eigenvalue weighted by Gasteiger charge is 2.69. The van der Waals surface area contributed by atoms with Gasteiger partial charge in [-0.05, 0) is 13.3 Å². The lowest BCUT2D eigenvalue weighted by molar-refractivity contribution is -0.147. The second-order valence-electron chi connectivity index (χ2n) is 4.56. The number of aliphatic carboxylic acids is 1. The maximum absolute atomic E-state index is 11.0. The summed E-state index contributed by atoms with van der Waals surface area (Å²) < 4.78 is 10.4. The number of carboxylic acid groups (broad SMARTS) is 1. The molecular weight excluding hydrogens is 200 g/mol. The van der Waals surface area contributed by atoms with E-state index in [1.807, 2.05) is 6.92 Å². The van der Waals surface area contributed by atoms with Crippen LogP contribution < -0.4 is 0 Å². The topological polar surface area (TPSA) is 79.3 Å². The van der Waals surface area contributed by atoms with Gasteiger partial charge in [0.1, 0.15) is 5.60 Å². The molecule has 15 heavy (non-hydrogen) atoms. The van der Waals surface area contributed by atoms with Crippen molar-refractivity contribution in [2.45, 2.75) is 31.3 Å². The Morgan fingerprint density at radius 2 is 2.40 bits per heavy atom. The number of hydrogen-bond acceptors (Lipinski definition) is 4. The van der Waals surface area contributed by atoms with Gasteiger partial charge in [0.2, 0.25) is 6.29 Å². The molecule has 2 fully saturated rings. The number of carboxylic acids is 1. The number of aliphatic hydroxyl groups is 1. The van der Waals surface area contributed by atoms with E-state index in [0.717, 1.165) is 0 Å². The van der Waals surface area contributed by atoms with Gasteiger partial charge in [0.15, 0.2) is 0 Å². The zero-order valence-corrected chi connectivity index (χ0v) is 8.21. The zero-order valence-electron chi connectivity index (χ0n) is 8.21. The van der Waals surface area contributed by atoms with Crippen molar-refractivity contribution in [3.05, 3.63) is 11.8 Å². The highest BCUT2D eigenvalue weighted by atomic mass is 16.6. The monoisotopic (exact) mass is 212 g/mol. The van der Waals surface area contributed by atoms with Gasteiger partial charge in [-0.15, -0.1) is 0 Å². The Morgan fingerprint density at radius 3 is 3.07 bits per heavy atom. The number of fused-ring (bicyclic) bond motifs is 3. The Labute approximate surface area is 86.3 Å². The Balaban J connectivity index is 1.97. The van der Waals surface area contributed by atoms with Gasteiger partial charge in [0, 0.05) is 5.92 Å². The predicted octanol–water partition coefficient (Wildman–Crippen LogP) is 0.0971. The molecule has 5 unspecified atom stereocenters. The van der Waals surface area contributed by atoms with Gasteiger partial charge in [0.05, 0.1) is 23.9 Å². The van der Waals surface area contributed by atoms with Gasteiger partial charge in [-0.2, -0.15) is 0 Å². The molecule has 1 aliphatic carbocycles. The van der Waals surface area contributed by atoms with Crippen LogP contribution in [0.5, 0.6) is 0 Å². The van der Waals surface area contributed by atoms with Crippen molar-refractivity contribution in [3.8, 4) is 0 Å². The Morgan fingerprint density at radius 1 is 1.67 bits per heavy atom. The van der Waals surface area contributed by atoms with Crippen LogP contribution in [0.15, 0.2) is 11.8 Å². The molecule has 0 bridgehead atoms. The standard InChI is InChI=1S/C10H12O5/c1-10-6(15-10)2-4-5(8(11)12)3-14-9(13)7(4)10/h3-4,6-7,9,13H,2H2,1H3,(H,11,12). The van der Waals surface area contributed by atoms with Gasteiger partial charge < -0.3 is 19.7 Å². The molecule has 82 valence electrons. The van der Waals surface area contributed by atoms with Crippen LogP contribution in [0.25, 0.3) is 0 Å². The summed E-state index contributed by atoms with van der Waals surface area (Å²) in [6.45, 7) is 1.90. The number of hydrogen-bond donors (Lipinski definition) is 2. The molecule has 0 amide bonds. The molecule has 0 radical (unpaired) electrons. The fraction of sp³-hybridized carbons (Fsp3) is 0.700. The molecule has 0 aromatic carbocycles. The van der Waals surface area contributed by atoms with Crippen molar-refractivity contribution in [3.63, 3.8) is 0 Å². The highest BCUT2D eigenvalue weighted by molar-refractivity contribution is 5.87. The molecule has 5 heteroatoms. The van der Waals surface area contributed by atoms with Crippen LogP contribution in [-0.4, -0.2) is 34.2 Å². The van der Waals surface area contributed by atoms with Crippen molar-refractivity contribution in [1.29, 1.82) is 0 Å². The summed E-state index contributed by atoms with van der Waals surface area (Å²) in [5.74, 6) is -1.37. The number of ether oxygens (including phenoxy) is 2. The Bertz CT molecular complexity index is 363. The summed E-state index contributed by atoms with van der Waals surface area (Å²) >= 11 is 0. The summed E-state index contributed by atoms with van der Waals surface area (Å²) in [6, 6.07) is 0. The smallest absolute Gasteiger partial charge is 0.334 e. The van der Waals surface area contributed by atoms with E-state index < -0.39 is 12.3 Å². The average molecular weight is 212 g/mol. The molecule has 5 atom stereocenters. The minimum atomic E-state index is -0.971. The first kappa shape index (κ1) is 9.18. The molecule has 0 spiro atoms. The highest BCUT2D eigenvalue weighted by Crippen LogP contribution is 2.60. The quantitative estimate of drug-likeness (QED) is 0.602. The first-order valence-electron chi connectivity index (χ1n) is 4.99. The first-order chi connectivity index (χ1) is 7.04. The second-order valence-corrected chi connectivity index (χ2v) is 4.56. The van der Waals surface area contributed by atoms with E-state index in [0.29, 0.717) is 6.42 Å². The van der Waals surface area contributed by atoms with E-state index in [1.54, 1.807) is 0 Å². The molecular formula is C10H12O5. The molecule has 0 aromatic rings. The summed E-state index contributed by atoms with van der Waals surface area (Å²) in [5, 5.41) is 18.7. The molecule has 5 nitrogen and oxygen atoms in total. The van der Waals surface area contributed by atoms with Crippen LogP contribution in [0, 0.1) is 11.8 Å². The summed E-state index contributed by atoms with van der Waals surface area (Å²) in [5.41, 5.74) is -0.138. The number of epoxide rings is 1. The molecule has 2 N–H and O–H groups in total. The summed E-state index contributed by atoms with van der Waals surface area (Å²) in [6.07, 6.45) is 0.962. The van der Waals surface area contributed by atoms with Crippen LogP contribution in [-0.2, 0) is 14.3 Å². The van der Waals surface area contributed by atoms with Gasteiger partial charge >= 0.3 is 5.97 Å². The van der Waals surface area contributed by atoms with Gasteiger partial charge in [-0.3, -0.25) is 0 Å². The summed E-state index contributed by atoms with van der Waals surface area (Å²) in [4.78, 5) is 11.0. The van der Waals surface area contributed by atoms with Crippen LogP contribution in [0.3, 0.4) is 0 Å². The molecule has 2 aliphatic heterocycles. The van der Waals surface area contributed by atoms with Gasteiger partial charge in [-0.1, -0.05) is 0 Å². The minimum Gasteiger partial charge on any atom is -0.478 e. The maximum Gasteiger partial charge on any atom is 0.334 e. The molecule has 3 rings (SSSR count). The maximum atomic E-state index is 11.0. The second kappa shape index (κ2) is 2.54. The lowest BCUT2D eigenvalue weighted by Gasteiger charge is -2.33. The van der Waals surface area contributed by atoms with Crippen molar-refractivity contribution >= 4 is 5.97 Å². The third-order valence-electron chi connectivity index (χ3n) is 3.83. The predicted molar refractivity (Wildman–Crippen MR) is 47.7 cm³/mol. The summed E-state index contributed by atoms with van der Waals surface area (Å²) in [7, 11) is 0. The fourth-order valence-corrected chi connectivity index (χ4v) is 2.95. The van der Waals surface area contributed by atoms with Crippen LogP contribution >= 0.6 is 0 Å². The van der Waals surface area contributed by atoms with Crippen molar-refractivity contribution in [2.24, 2.45) is 11.8 Å². The van der Waals surface area contributed by atoms with E-state index in [1.165, 1.54) is 6.26 Å². The van der Waals surface area contributed by atoms with E-state index in [-0.39, 0.29) is 29.1 Å². The number of carbonyl (C=O) groups is 1. The first-order valence-corrected chi connectivity index (χ1v) is 4.99. The van der Waals surface area contributed by atoms with Gasteiger partial charge in [0.25, 0.3) is 0 Å². The van der Waals surface area contributed by atoms with E-state index in [2.05, 4.69) is 0 Å². The van der Waals surface area contributed by atoms with Crippen LogP contribution in [0.2, 0.25) is 0 Å². The lowest BCUT2D eigenvalue weighted by Crippen LogP contribution is -2.40. The lowest BCUT2D eigenvalue weighted by atomic mass is 9.82. The minimum absolute atomic E-state index is 0.0756. The fourth-order valence-electron chi connectivity index (χ4n) is 2.95. The van der Waals surface area contributed by atoms with Crippen LogP contribution in [0.4, 0.5) is 0 Å². The molecule has 3 aliphatic rings. The molecule has 0 aromatic heterocycles. The van der Waals surface area contributed by atoms with Gasteiger partial charge in [-0.25, -0.2) is 4.79 Å². The van der Waals surface area contributed by atoms with Crippen molar-refractivity contribution in [2.75, 3.05) is 0 Å². The molecule has 2 heterocycles. The number of aliphatic hydroxyl groups excluding tert-OH is 1. The van der Waals surface area contributed by atoms with E-state index in [9.17, 15) is 9.90 Å². The third kappa shape index (κ3) is 1.02. The van der Waals surface area contributed by atoms with Crippen LogP contribution in [0.1, 0.15) is 13.3 Å². The van der Waals surface area contributed by atoms with Crippen molar-refractivity contribution in [1.82, 2.24) is 0 Å². The molecule has 1 saturated carbocycles. The Kier molecular flexibility index (Phi) is 1.55. The largest absolute Gasteiger partial charge is 0.478 e. The SMILES string of the molecule is CC12OC1CC1C(C(=O)O)=COC(O)C12. The van der Waals surface area contributed by atoms with E-state index >= 15 is 0 Å². The Hall–Kier alpha value is -1.07. The normalized spacial score (nSPS) is 51.2. The van der Waals surface area contributed by atoms with Crippen molar-refractivity contribution < 1.29 is 24.5 Å². The van der Waals surface area contributed by atoms with E-state index in [4.69, 9.17) is 14.6 Å². The third-order valence-corrected chi connectivity index (χ3v) is 3.83. The average Bonchev–Trinajstić information content (AvgIpc) is 2.68. The number of rotatable bonds is 1.